The zero-order valence-corrected chi connectivity index (χ0v) is 10.2. The molecule has 5 nitrogen and oxygen atoms in total. The van der Waals surface area contributed by atoms with Crippen LogP contribution in [0.25, 0.3) is 0 Å². The maximum absolute atomic E-state index is 11.3. The van der Waals surface area contributed by atoms with Crippen molar-refractivity contribution in [1.82, 2.24) is 9.55 Å². The Kier molecular flexibility index (Phi) is 3.03. The summed E-state index contributed by atoms with van der Waals surface area (Å²) in [6.45, 7) is 1.93. The highest BCUT2D eigenvalue weighted by Gasteiger charge is 2.28. The van der Waals surface area contributed by atoms with Gasteiger partial charge in [-0.05, 0) is 13.3 Å². The van der Waals surface area contributed by atoms with Crippen molar-refractivity contribution in [1.29, 1.82) is 0 Å². The van der Waals surface area contributed by atoms with Gasteiger partial charge in [0.15, 0.2) is 9.84 Å². The summed E-state index contributed by atoms with van der Waals surface area (Å²) in [5.74, 6) is 0.527. The van der Waals surface area contributed by atoms with Gasteiger partial charge in [-0.1, -0.05) is 0 Å². The second kappa shape index (κ2) is 4.18. The van der Waals surface area contributed by atoms with E-state index in [1.165, 1.54) is 0 Å². The minimum atomic E-state index is -2.83. The predicted molar refractivity (Wildman–Crippen MR) is 61.9 cm³/mol. The molecule has 2 atom stereocenters. The Hall–Kier alpha value is -0.880. The van der Waals surface area contributed by atoms with E-state index < -0.39 is 9.84 Å². The molecule has 1 saturated heterocycles. The standard InChI is InChI=1S/C10H17N3O2S/c1-8(11)4-9-5-13(7-12-9)10-2-3-16(14,15)6-10/h5,7-8,10H,2-4,6,11H2,1H3. The summed E-state index contributed by atoms with van der Waals surface area (Å²) in [6.07, 6.45) is 5.04. The monoisotopic (exact) mass is 243 g/mol. The second-order valence-electron chi connectivity index (χ2n) is 4.55. The van der Waals surface area contributed by atoms with Crippen molar-refractivity contribution in [2.75, 3.05) is 11.5 Å². The molecule has 2 rings (SSSR count). The van der Waals surface area contributed by atoms with Gasteiger partial charge in [0.25, 0.3) is 0 Å². The van der Waals surface area contributed by atoms with E-state index >= 15 is 0 Å². The zero-order chi connectivity index (χ0) is 11.8. The van der Waals surface area contributed by atoms with Crippen LogP contribution in [0, 0.1) is 0 Å². The Bertz CT molecular complexity index is 464. The smallest absolute Gasteiger partial charge is 0.152 e. The van der Waals surface area contributed by atoms with E-state index in [0.717, 1.165) is 12.1 Å². The van der Waals surface area contributed by atoms with Gasteiger partial charge in [0, 0.05) is 24.7 Å². The van der Waals surface area contributed by atoms with Gasteiger partial charge in [-0.25, -0.2) is 13.4 Å². The van der Waals surface area contributed by atoms with Gasteiger partial charge >= 0.3 is 0 Å². The van der Waals surface area contributed by atoms with Gasteiger partial charge in [-0.2, -0.15) is 0 Å². The van der Waals surface area contributed by atoms with Gasteiger partial charge in [-0.3, -0.25) is 0 Å². The molecule has 16 heavy (non-hydrogen) atoms. The fraction of sp³-hybridized carbons (Fsp3) is 0.700. The maximum atomic E-state index is 11.3. The van der Waals surface area contributed by atoms with Crippen LogP contribution in [-0.4, -0.2) is 35.5 Å². The quantitative estimate of drug-likeness (QED) is 0.818. The summed E-state index contributed by atoms with van der Waals surface area (Å²) in [5.41, 5.74) is 6.61. The van der Waals surface area contributed by atoms with E-state index in [2.05, 4.69) is 4.98 Å². The van der Waals surface area contributed by atoms with Gasteiger partial charge in [-0.15, -0.1) is 0 Å². The molecule has 2 heterocycles. The average molecular weight is 243 g/mol. The van der Waals surface area contributed by atoms with Crippen LogP contribution in [0.1, 0.15) is 25.1 Å². The minimum absolute atomic E-state index is 0.0549. The Balaban J connectivity index is 2.08. The lowest BCUT2D eigenvalue weighted by atomic mass is 10.2. The molecule has 0 bridgehead atoms. The Morgan fingerprint density at radius 1 is 1.69 bits per heavy atom. The summed E-state index contributed by atoms with van der Waals surface area (Å²) in [7, 11) is -2.83. The third-order valence-corrected chi connectivity index (χ3v) is 4.57. The molecule has 2 N–H and O–H groups in total. The number of rotatable bonds is 3. The normalized spacial score (nSPS) is 25.8. The van der Waals surface area contributed by atoms with Crippen LogP contribution in [0.2, 0.25) is 0 Å². The highest BCUT2D eigenvalue weighted by molar-refractivity contribution is 7.91. The Morgan fingerprint density at radius 2 is 2.44 bits per heavy atom. The van der Waals surface area contributed by atoms with Gasteiger partial charge in [0.05, 0.1) is 23.5 Å². The van der Waals surface area contributed by atoms with E-state index in [4.69, 9.17) is 5.73 Å². The third-order valence-electron chi connectivity index (χ3n) is 2.82. The molecule has 1 aromatic rings. The first-order valence-electron chi connectivity index (χ1n) is 5.44. The SMILES string of the molecule is CC(N)Cc1cn(C2CCS(=O)(=O)C2)cn1. The molecule has 1 aliphatic rings. The van der Waals surface area contributed by atoms with Crippen LogP contribution in [0.5, 0.6) is 0 Å². The summed E-state index contributed by atoms with van der Waals surface area (Å²) in [4.78, 5) is 4.24. The molecule has 1 aliphatic heterocycles. The number of sulfone groups is 1. The van der Waals surface area contributed by atoms with Crippen molar-refractivity contribution in [3.05, 3.63) is 18.2 Å². The van der Waals surface area contributed by atoms with Crippen LogP contribution < -0.4 is 5.73 Å². The molecular weight excluding hydrogens is 226 g/mol. The molecular formula is C10H17N3O2S. The molecule has 0 spiro atoms. The third kappa shape index (κ3) is 2.62. The summed E-state index contributed by atoms with van der Waals surface area (Å²) >= 11 is 0. The van der Waals surface area contributed by atoms with Crippen molar-refractivity contribution in [2.45, 2.75) is 31.8 Å². The molecule has 90 valence electrons. The number of nitrogens with two attached hydrogens (primary N) is 1. The fourth-order valence-electron chi connectivity index (χ4n) is 2.03. The summed E-state index contributed by atoms with van der Waals surface area (Å²) in [5, 5.41) is 0. The highest BCUT2D eigenvalue weighted by atomic mass is 32.2. The number of imidazole rings is 1. The fourth-order valence-corrected chi connectivity index (χ4v) is 3.75. The molecule has 6 heteroatoms. The number of hydrogen-bond acceptors (Lipinski definition) is 4. The first kappa shape index (κ1) is 11.6. The Labute approximate surface area is 95.6 Å². The average Bonchev–Trinajstić information content (AvgIpc) is 2.71. The first-order valence-corrected chi connectivity index (χ1v) is 7.27. The van der Waals surface area contributed by atoms with Crippen LogP contribution in [0.3, 0.4) is 0 Å². The van der Waals surface area contributed by atoms with Crippen LogP contribution in [0.4, 0.5) is 0 Å². The van der Waals surface area contributed by atoms with Gasteiger partial charge in [0.2, 0.25) is 0 Å². The van der Waals surface area contributed by atoms with Crippen LogP contribution >= 0.6 is 0 Å². The van der Waals surface area contributed by atoms with Gasteiger partial charge in [0.1, 0.15) is 0 Å². The molecule has 1 aromatic heterocycles. The van der Waals surface area contributed by atoms with Crippen molar-refractivity contribution in [3.8, 4) is 0 Å². The first-order chi connectivity index (χ1) is 7.46. The predicted octanol–water partition coefficient (Wildman–Crippen LogP) is 0.132. The largest absolute Gasteiger partial charge is 0.333 e. The molecule has 0 amide bonds. The maximum Gasteiger partial charge on any atom is 0.152 e. The van der Waals surface area contributed by atoms with Crippen molar-refractivity contribution < 1.29 is 8.42 Å². The summed E-state index contributed by atoms with van der Waals surface area (Å²) < 4.78 is 24.6. The lowest BCUT2D eigenvalue weighted by Crippen LogP contribution is -2.18. The van der Waals surface area contributed by atoms with E-state index in [1.807, 2.05) is 17.7 Å². The molecule has 1 fully saturated rings. The van der Waals surface area contributed by atoms with E-state index in [0.29, 0.717) is 12.2 Å². The van der Waals surface area contributed by atoms with Gasteiger partial charge < -0.3 is 10.3 Å². The number of hydrogen-bond donors (Lipinski definition) is 1. The second-order valence-corrected chi connectivity index (χ2v) is 6.78. The molecule has 2 unspecified atom stereocenters. The lowest BCUT2D eigenvalue weighted by Gasteiger charge is -2.08. The van der Waals surface area contributed by atoms with E-state index in [-0.39, 0.29) is 17.8 Å². The Morgan fingerprint density at radius 3 is 3.00 bits per heavy atom. The summed E-state index contributed by atoms with van der Waals surface area (Å²) in [6, 6.07) is 0.134. The molecule has 0 radical (unpaired) electrons. The topological polar surface area (TPSA) is 78.0 Å². The van der Waals surface area contributed by atoms with Crippen molar-refractivity contribution in [2.24, 2.45) is 5.73 Å². The van der Waals surface area contributed by atoms with E-state index in [9.17, 15) is 8.42 Å². The highest BCUT2D eigenvalue weighted by Crippen LogP contribution is 2.23. The van der Waals surface area contributed by atoms with E-state index in [1.54, 1.807) is 6.33 Å². The van der Waals surface area contributed by atoms with Crippen molar-refractivity contribution >= 4 is 9.84 Å². The number of nitrogens with zero attached hydrogens (tertiary/aromatic N) is 2. The molecule has 0 saturated carbocycles. The molecule has 0 aliphatic carbocycles. The molecule has 0 aromatic carbocycles. The van der Waals surface area contributed by atoms with Crippen molar-refractivity contribution in [3.63, 3.8) is 0 Å². The van der Waals surface area contributed by atoms with Crippen LogP contribution in [0.15, 0.2) is 12.5 Å². The number of aromatic nitrogens is 2. The zero-order valence-electron chi connectivity index (χ0n) is 9.33. The minimum Gasteiger partial charge on any atom is -0.333 e. The lowest BCUT2D eigenvalue weighted by molar-refractivity contribution is 0.554. The van der Waals surface area contributed by atoms with Crippen LogP contribution in [-0.2, 0) is 16.3 Å².